The summed E-state index contributed by atoms with van der Waals surface area (Å²) in [7, 11) is 1.78. The lowest BCUT2D eigenvalue weighted by Crippen LogP contribution is -2.13. The van der Waals surface area contributed by atoms with Gasteiger partial charge in [-0.1, -0.05) is 0 Å². The van der Waals surface area contributed by atoms with Crippen LogP contribution in [0.15, 0.2) is 18.5 Å². The van der Waals surface area contributed by atoms with Gasteiger partial charge in [-0.2, -0.15) is 10.1 Å². The van der Waals surface area contributed by atoms with E-state index >= 15 is 0 Å². The van der Waals surface area contributed by atoms with Crippen molar-refractivity contribution in [3.05, 3.63) is 34.3 Å². The second-order valence-electron chi connectivity index (χ2n) is 3.63. The number of nitrogens with one attached hydrogen (secondary N) is 2. The Bertz CT molecular complexity index is 596. The minimum atomic E-state index is -0.564. The lowest BCUT2D eigenvalue weighted by Gasteiger charge is -2.07. The van der Waals surface area contributed by atoms with Crippen LogP contribution in [0.5, 0.6) is 0 Å². The third-order valence-electron chi connectivity index (χ3n) is 2.45. The first kappa shape index (κ1) is 12.7. The molecule has 10 nitrogen and oxygen atoms in total. The molecule has 0 aliphatic rings. The lowest BCUT2D eigenvalue weighted by atomic mass is 10.4. The fourth-order valence-corrected chi connectivity index (χ4v) is 1.46. The van der Waals surface area contributed by atoms with Gasteiger partial charge in [-0.3, -0.25) is 20.2 Å². The van der Waals surface area contributed by atoms with E-state index in [4.69, 9.17) is 5.84 Å². The second kappa shape index (κ2) is 5.27. The lowest BCUT2D eigenvalue weighted by molar-refractivity contribution is -0.384. The first-order chi connectivity index (χ1) is 9.11. The molecule has 2 rings (SSSR count). The molecule has 2 aromatic rings. The molecule has 0 atom stereocenters. The number of nitrogens with two attached hydrogens (primary N) is 1. The van der Waals surface area contributed by atoms with E-state index in [1.165, 1.54) is 0 Å². The van der Waals surface area contributed by atoms with Gasteiger partial charge in [0.1, 0.15) is 6.20 Å². The molecule has 0 aliphatic heterocycles. The van der Waals surface area contributed by atoms with Crippen LogP contribution in [0.1, 0.15) is 5.69 Å². The van der Waals surface area contributed by atoms with E-state index in [1.54, 1.807) is 24.0 Å². The molecule has 0 unspecified atom stereocenters. The fraction of sp³-hybridized carbons (Fsp3) is 0.222. The Kier molecular flexibility index (Phi) is 3.52. The number of aryl methyl sites for hydroxylation is 1. The van der Waals surface area contributed by atoms with Crippen LogP contribution >= 0.6 is 0 Å². The largest absolute Gasteiger partial charge is 0.359 e. The van der Waals surface area contributed by atoms with Gasteiger partial charge >= 0.3 is 5.69 Å². The van der Waals surface area contributed by atoms with Crippen molar-refractivity contribution in [3.8, 4) is 0 Å². The predicted octanol–water partition coefficient (Wildman–Crippen LogP) is 0.0160. The highest BCUT2D eigenvalue weighted by Gasteiger charge is 2.17. The van der Waals surface area contributed by atoms with Crippen molar-refractivity contribution < 1.29 is 4.92 Å². The molecule has 19 heavy (non-hydrogen) atoms. The van der Waals surface area contributed by atoms with E-state index < -0.39 is 4.92 Å². The maximum absolute atomic E-state index is 10.9. The maximum Gasteiger partial charge on any atom is 0.329 e. The van der Waals surface area contributed by atoms with Gasteiger partial charge in [-0.05, 0) is 6.07 Å². The van der Waals surface area contributed by atoms with Crippen LogP contribution in [0.2, 0.25) is 0 Å². The Morgan fingerprint density at radius 1 is 1.58 bits per heavy atom. The molecule has 4 N–H and O–H groups in total. The molecule has 2 heterocycles. The van der Waals surface area contributed by atoms with Crippen molar-refractivity contribution >= 4 is 17.5 Å². The Labute approximate surface area is 107 Å². The minimum absolute atomic E-state index is 0.0918. The molecule has 0 radical (unpaired) electrons. The van der Waals surface area contributed by atoms with Crippen molar-refractivity contribution in [1.82, 2.24) is 19.7 Å². The average Bonchev–Trinajstić information content (AvgIpc) is 2.81. The zero-order valence-corrected chi connectivity index (χ0v) is 10.1. The number of hydrazine groups is 1. The van der Waals surface area contributed by atoms with Gasteiger partial charge < -0.3 is 5.32 Å². The van der Waals surface area contributed by atoms with Gasteiger partial charge in [0.2, 0.25) is 11.8 Å². The van der Waals surface area contributed by atoms with Crippen molar-refractivity contribution in [2.45, 2.75) is 6.54 Å². The summed E-state index contributed by atoms with van der Waals surface area (Å²) >= 11 is 0. The van der Waals surface area contributed by atoms with Gasteiger partial charge in [0.05, 0.1) is 17.2 Å². The Morgan fingerprint density at radius 2 is 2.37 bits per heavy atom. The van der Waals surface area contributed by atoms with E-state index in [2.05, 4.69) is 25.8 Å². The molecule has 0 saturated heterocycles. The number of rotatable bonds is 5. The van der Waals surface area contributed by atoms with E-state index in [9.17, 15) is 10.1 Å². The van der Waals surface area contributed by atoms with Crippen LogP contribution in [0.3, 0.4) is 0 Å². The monoisotopic (exact) mass is 264 g/mol. The van der Waals surface area contributed by atoms with Crippen molar-refractivity contribution in [3.63, 3.8) is 0 Å². The summed E-state index contributed by atoms with van der Waals surface area (Å²) in [5, 5.41) is 17.7. The number of aromatic nitrogens is 4. The van der Waals surface area contributed by atoms with Crippen molar-refractivity contribution in [2.24, 2.45) is 12.9 Å². The van der Waals surface area contributed by atoms with E-state index in [0.29, 0.717) is 6.54 Å². The third kappa shape index (κ3) is 2.74. The average molecular weight is 264 g/mol. The maximum atomic E-state index is 10.9. The summed E-state index contributed by atoms with van der Waals surface area (Å²) < 4.78 is 1.65. The Hall–Kier alpha value is -2.75. The molecule has 0 saturated carbocycles. The third-order valence-corrected chi connectivity index (χ3v) is 2.45. The van der Waals surface area contributed by atoms with E-state index in [-0.39, 0.29) is 17.5 Å². The van der Waals surface area contributed by atoms with Crippen LogP contribution in [0.4, 0.5) is 17.5 Å². The van der Waals surface area contributed by atoms with Crippen molar-refractivity contribution in [1.29, 1.82) is 0 Å². The first-order valence-corrected chi connectivity index (χ1v) is 5.30. The SMILES string of the molecule is Cn1nccc1CNc1nc(NN)ncc1[N+](=O)[O-]. The molecule has 0 bridgehead atoms. The van der Waals surface area contributed by atoms with Crippen LogP contribution in [-0.2, 0) is 13.6 Å². The van der Waals surface area contributed by atoms with E-state index in [0.717, 1.165) is 11.9 Å². The molecule has 0 aliphatic carbocycles. The van der Waals surface area contributed by atoms with Gasteiger partial charge in [-0.25, -0.2) is 10.8 Å². The Balaban J connectivity index is 2.22. The molecule has 0 fully saturated rings. The molecule has 0 amide bonds. The molecular formula is C9H12N8O2. The smallest absolute Gasteiger partial charge is 0.329 e. The van der Waals surface area contributed by atoms with Gasteiger partial charge in [0, 0.05) is 13.2 Å². The zero-order valence-electron chi connectivity index (χ0n) is 10.1. The Morgan fingerprint density at radius 3 is 2.95 bits per heavy atom. The molecule has 2 aromatic heterocycles. The van der Waals surface area contributed by atoms with Gasteiger partial charge in [0.25, 0.3) is 0 Å². The number of anilines is 2. The highest BCUT2D eigenvalue weighted by molar-refractivity contribution is 5.56. The first-order valence-electron chi connectivity index (χ1n) is 5.30. The zero-order chi connectivity index (χ0) is 13.8. The normalized spacial score (nSPS) is 10.2. The van der Waals surface area contributed by atoms with Crippen LogP contribution < -0.4 is 16.6 Å². The van der Waals surface area contributed by atoms with E-state index in [1.807, 2.05) is 0 Å². The van der Waals surface area contributed by atoms with Crippen LogP contribution in [0.25, 0.3) is 0 Å². The molecule has 0 aromatic carbocycles. The number of hydrogen-bond donors (Lipinski definition) is 3. The van der Waals surface area contributed by atoms with Crippen LogP contribution in [0, 0.1) is 10.1 Å². The predicted molar refractivity (Wildman–Crippen MR) is 67.0 cm³/mol. The summed E-state index contributed by atoms with van der Waals surface area (Å²) in [6, 6.07) is 1.79. The van der Waals surface area contributed by atoms with Gasteiger partial charge in [-0.15, -0.1) is 0 Å². The molecule has 0 spiro atoms. The molecule has 10 heteroatoms. The topological polar surface area (TPSA) is 137 Å². The number of nitrogens with zero attached hydrogens (tertiary/aromatic N) is 5. The highest BCUT2D eigenvalue weighted by Crippen LogP contribution is 2.22. The summed E-state index contributed by atoms with van der Waals surface area (Å²) in [5.74, 6) is 5.36. The number of hydrogen-bond acceptors (Lipinski definition) is 8. The summed E-state index contributed by atoms with van der Waals surface area (Å²) in [6.45, 7) is 0.346. The molecular weight excluding hydrogens is 252 g/mol. The summed E-state index contributed by atoms with van der Waals surface area (Å²) in [5.41, 5.74) is 2.87. The highest BCUT2D eigenvalue weighted by atomic mass is 16.6. The fourth-order valence-electron chi connectivity index (χ4n) is 1.46. The molecule has 100 valence electrons. The number of nitrogen functional groups attached to an aromatic ring is 1. The number of nitro groups is 1. The second-order valence-corrected chi connectivity index (χ2v) is 3.63. The standard InChI is InChI=1S/C9H12N8O2/c1-16-6(2-3-13-16)4-11-8-7(17(18)19)5-12-9(14-8)15-10/h2-3,5H,4,10H2,1H3,(H2,11,12,14,15). The quantitative estimate of drug-likeness (QED) is 0.390. The summed E-state index contributed by atoms with van der Waals surface area (Å²) in [4.78, 5) is 17.9. The van der Waals surface area contributed by atoms with Crippen LogP contribution in [-0.4, -0.2) is 24.7 Å². The van der Waals surface area contributed by atoms with Gasteiger partial charge in [0.15, 0.2) is 0 Å². The summed E-state index contributed by atoms with van der Waals surface area (Å²) in [6.07, 6.45) is 2.73. The van der Waals surface area contributed by atoms with Crippen molar-refractivity contribution in [2.75, 3.05) is 10.7 Å². The minimum Gasteiger partial charge on any atom is -0.359 e.